The molecule has 2 heteroatoms. The first-order valence-corrected chi connectivity index (χ1v) is 4.46. The molecule has 0 bridgehead atoms. The third-order valence-electron chi connectivity index (χ3n) is 1.40. The number of hydrogen-bond donors (Lipinski definition) is 0. The summed E-state index contributed by atoms with van der Waals surface area (Å²) < 4.78 is 6.31. The number of rotatable bonds is 2. The SMILES string of the molecule is C#Cc1ccc(Br)cc1OCC. The lowest BCUT2D eigenvalue weighted by molar-refractivity contribution is 0.339. The number of terminal acetylenes is 1. The molecule has 0 fully saturated rings. The van der Waals surface area contributed by atoms with Gasteiger partial charge in [0.1, 0.15) is 5.75 Å². The van der Waals surface area contributed by atoms with Crippen LogP contribution in [0.25, 0.3) is 0 Å². The Kier molecular flexibility index (Phi) is 3.19. The lowest BCUT2D eigenvalue weighted by atomic mass is 10.2. The molecule has 0 saturated carbocycles. The van der Waals surface area contributed by atoms with Gasteiger partial charge in [0.2, 0.25) is 0 Å². The van der Waals surface area contributed by atoms with E-state index in [1.54, 1.807) is 0 Å². The van der Waals surface area contributed by atoms with Gasteiger partial charge in [0.25, 0.3) is 0 Å². The Morgan fingerprint density at radius 2 is 2.33 bits per heavy atom. The topological polar surface area (TPSA) is 9.23 Å². The maximum Gasteiger partial charge on any atom is 0.136 e. The zero-order chi connectivity index (χ0) is 8.97. The Morgan fingerprint density at radius 3 is 2.92 bits per heavy atom. The summed E-state index contributed by atoms with van der Waals surface area (Å²) >= 11 is 3.35. The minimum absolute atomic E-state index is 0.630. The maximum atomic E-state index is 5.34. The largest absolute Gasteiger partial charge is 0.493 e. The molecule has 62 valence electrons. The van der Waals surface area contributed by atoms with Crippen molar-refractivity contribution in [3.05, 3.63) is 28.2 Å². The summed E-state index contributed by atoms with van der Waals surface area (Å²) in [5, 5.41) is 0. The van der Waals surface area contributed by atoms with E-state index in [-0.39, 0.29) is 0 Å². The summed E-state index contributed by atoms with van der Waals surface area (Å²) in [5.41, 5.74) is 0.792. The van der Waals surface area contributed by atoms with Crippen LogP contribution in [0.5, 0.6) is 5.75 Å². The Hall–Kier alpha value is -0.940. The molecule has 0 saturated heterocycles. The second kappa shape index (κ2) is 4.18. The standard InChI is InChI=1S/C10H9BrO/c1-3-8-5-6-9(11)7-10(8)12-4-2/h1,5-7H,4H2,2H3. The molecule has 0 heterocycles. The van der Waals surface area contributed by atoms with E-state index in [0.717, 1.165) is 15.8 Å². The first kappa shape index (κ1) is 9.15. The number of benzene rings is 1. The molecule has 0 aliphatic carbocycles. The highest BCUT2D eigenvalue weighted by Gasteiger charge is 2.00. The molecule has 0 aliphatic heterocycles. The molecule has 0 atom stereocenters. The average molecular weight is 225 g/mol. The highest BCUT2D eigenvalue weighted by Crippen LogP contribution is 2.22. The molecule has 12 heavy (non-hydrogen) atoms. The smallest absolute Gasteiger partial charge is 0.136 e. The molecule has 0 unspecified atom stereocenters. The number of halogens is 1. The van der Waals surface area contributed by atoms with E-state index in [0.29, 0.717) is 6.61 Å². The lowest BCUT2D eigenvalue weighted by Gasteiger charge is -2.05. The van der Waals surface area contributed by atoms with Gasteiger partial charge in [-0.05, 0) is 25.1 Å². The van der Waals surface area contributed by atoms with Crippen molar-refractivity contribution in [3.63, 3.8) is 0 Å². The van der Waals surface area contributed by atoms with Gasteiger partial charge in [0.05, 0.1) is 12.2 Å². The fraction of sp³-hybridized carbons (Fsp3) is 0.200. The summed E-state index contributed by atoms with van der Waals surface area (Å²) in [7, 11) is 0. The van der Waals surface area contributed by atoms with E-state index in [1.165, 1.54) is 0 Å². The van der Waals surface area contributed by atoms with Crippen LogP contribution in [0.2, 0.25) is 0 Å². The fourth-order valence-corrected chi connectivity index (χ4v) is 1.23. The summed E-state index contributed by atoms with van der Waals surface area (Å²) in [4.78, 5) is 0. The van der Waals surface area contributed by atoms with Crippen LogP contribution in [0.4, 0.5) is 0 Å². The van der Waals surface area contributed by atoms with E-state index in [2.05, 4.69) is 21.9 Å². The summed E-state index contributed by atoms with van der Waals surface area (Å²) in [6, 6.07) is 5.63. The molecule has 1 nitrogen and oxygen atoms in total. The molecule has 1 aromatic rings. The van der Waals surface area contributed by atoms with E-state index in [4.69, 9.17) is 11.2 Å². The monoisotopic (exact) mass is 224 g/mol. The first-order chi connectivity index (χ1) is 5.77. The molecule has 0 aliphatic rings. The third-order valence-corrected chi connectivity index (χ3v) is 1.89. The lowest BCUT2D eigenvalue weighted by Crippen LogP contribution is -1.93. The maximum absolute atomic E-state index is 5.34. The number of ether oxygens (including phenoxy) is 1. The predicted octanol–water partition coefficient (Wildman–Crippen LogP) is 2.83. The van der Waals surface area contributed by atoms with Crippen molar-refractivity contribution in [1.82, 2.24) is 0 Å². The Balaban J connectivity index is 3.06. The molecular formula is C10H9BrO. The van der Waals surface area contributed by atoms with Gasteiger partial charge in [0, 0.05) is 4.47 Å². The van der Waals surface area contributed by atoms with Crippen LogP contribution in [0.15, 0.2) is 22.7 Å². The quantitative estimate of drug-likeness (QED) is 0.703. The van der Waals surface area contributed by atoms with Crippen molar-refractivity contribution >= 4 is 15.9 Å². The van der Waals surface area contributed by atoms with Gasteiger partial charge in [-0.25, -0.2) is 0 Å². The zero-order valence-corrected chi connectivity index (χ0v) is 8.39. The molecule has 1 aromatic carbocycles. The summed E-state index contributed by atoms with van der Waals surface area (Å²) in [6.45, 7) is 2.56. The van der Waals surface area contributed by atoms with Crippen molar-refractivity contribution in [2.45, 2.75) is 6.92 Å². The van der Waals surface area contributed by atoms with Gasteiger partial charge >= 0.3 is 0 Å². The Bertz CT molecular complexity index is 312. The second-order valence-corrected chi connectivity index (χ2v) is 3.13. The number of hydrogen-bond acceptors (Lipinski definition) is 1. The highest BCUT2D eigenvalue weighted by molar-refractivity contribution is 9.10. The van der Waals surface area contributed by atoms with Gasteiger partial charge < -0.3 is 4.74 Å². The van der Waals surface area contributed by atoms with Crippen LogP contribution in [-0.4, -0.2) is 6.61 Å². The van der Waals surface area contributed by atoms with Crippen molar-refractivity contribution in [2.75, 3.05) is 6.61 Å². The molecule has 0 radical (unpaired) electrons. The second-order valence-electron chi connectivity index (χ2n) is 2.22. The Labute approximate surface area is 80.9 Å². The van der Waals surface area contributed by atoms with Crippen molar-refractivity contribution in [3.8, 4) is 18.1 Å². The van der Waals surface area contributed by atoms with Crippen LogP contribution in [0.3, 0.4) is 0 Å². The van der Waals surface area contributed by atoms with Crippen LogP contribution < -0.4 is 4.74 Å². The molecule has 0 spiro atoms. The summed E-state index contributed by atoms with van der Waals surface area (Å²) in [5.74, 6) is 3.32. The highest BCUT2D eigenvalue weighted by atomic mass is 79.9. The van der Waals surface area contributed by atoms with Crippen LogP contribution in [0.1, 0.15) is 12.5 Å². The van der Waals surface area contributed by atoms with E-state index < -0.39 is 0 Å². The molecule has 0 N–H and O–H groups in total. The van der Waals surface area contributed by atoms with E-state index in [1.807, 2.05) is 25.1 Å². The van der Waals surface area contributed by atoms with Gasteiger partial charge in [-0.15, -0.1) is 6.42 Å². The van der Waals surface area contributed by atoms with Crippen LogP contribution in [0, 0.1) is 12.3 Å². The van der Waals surface area contributed by atoms with Crippen molar-refractivity contribution < 1.29 is 4.74 Å². The molecular weight excluding hydrogens is 216 g/mol. The van der Waals surface area contributed by atoms with E-state index in [9.17, 15) is 0 Å². The minimum Gasteiger partial charge on any atom is -0.493 e. The molecule has 0 aromatic heterocycles. The minimum atomic E-state index is 0.630. The van der Waals surface area contributed by atoms with Crippen molar-refractivity contribution in [2.24, 2.45) is 0 Å². The fourth-order valence-electron chi connectivity index (χ4n) is 0.890. The van der Waals surface area contributed by atoms with Gasteiger partial charge in [-0.1, -0.05) is 21.9 Å². The van der Waals surface area contributed by atoms with Gasteiger partial charge in [-0.2, -0.15) is 0 Å². The van der Waals surface area contributed by atoms with Crippen LogP contribution in [-0.2, 0) is 0 Å². The first-order valence-electron chi connectivity index (χ1n) is 3.67. The average Bonchev–Trinajstić information content (AvgIpc) is 2.05. The van der Waals surface area contributed by atoms with Gasteiger partial charge in [0.15, 0.2) is 0 Å². The normalized spacial score (nSPS) is 9.08. The van der Waals surface area contributed by atoms with Gasteiger partial charge in [-0.3, -0.25) is 0 Å². The molecule has 1 rings (SSSR count). The van der Waals surface area contributed by atoms with E-state index >= 15 is 0 Å². The predicted molar refractivity (Wildman–Crippen MR) is 53.2 cm³/mol. The van der Waals surface area contributed by atoms with Crippen LogP contribution >= 0.6 is 15.9 Å². The molecule has 0 amide bonds. The zero-order valence-electron chi connectivity index (χ0n) is 6.80. The third kappa shape index (κ3) is 2.02. The summed E-state index contributed by atoms with van der Waals surface area (Å²) in [6.07, 6.45) is 5.29. The van der Waals surface area contributed by atoms with Crippen molar-refractivity contribution in [1.29, 1.82) is 0 Å². The Morgan fingerprint density at radius 1 is 1.58 bits per heavy atom.